The summed E-state index contributed by atoms with van der Waals surface area (Å²) in [5.41, 5.74) is 0. The molecule has 9 heavy (non-hydrogen) atoms. The minimum Gasteiger partial charge on any atom is -0.175 e. The van der Waals surface area contributed by atoms with Crippen LogP contribution in [0.5, 0.6) is 0 Å². The van der Waals surface area contributed by atoms with Crippen LogP contribution in [0.2, 0.25) is 0 Å². The maximum atomic E-state index is 11.4. The molecule has 0 rings (SSSR count). The first kappa shape index (κ1) is 9.17. The number of hydrogen-bond acceptors (Lipinski definition) is 1. The molecule has 0 aliphatic carbocycles. The Kier molecular flexibility index (Phi) is 3.43. The standard InChI is InChI=1S/C4H4ClF3S/c5-3(1-2-9)4(6,7)8/h1,9H,2H2. The van der Waals surface area contributed by atoms with Crippen LogP contribution in [0.1, 0.15) is 0 Å². The van der Waals surface area contributed by atoms with Crippen LogP contribution in [0.25, 0.3) is 0 Å². The Hall–Kier alpha value is 0.170. The molecule has 0 spiro atoms. The van der Waals surface area contributed by atoms with Gasteiger partial charge >= 0.3 is 6.18 Å². The van der Waals surface area contributed by atoms with Gasteiger partial charge in [0.25, 0.3) is 0 Å². The fraction of sp³-hybridized carbons (Fsp3) is 0.500. The third-order valence-corrected chi connectivity index (χ3v) is 1.09. The van der Waals surface area contributed by atoms with Crippen molar-refractivity contribution in [2.45, 2.75) is 6.18 Å². The van der Waals surface area contributed by atoms with Gasteiger partial charge in [0.2, 0.25) is 0 Å². The molecule has 0 aromatic carbocycles. The average molecular weight is 177 g/mol. The zero-order valence-electron chi connectivity index (χ0n) is 4.24. The van der Waals surface area contributed by atoms with Gasteiger partial charge < -0.3 is 0 Å². The molecule has 0 aromatic heterocycles. The Morgan fingerprint density at radius 3 is 2.11 bits per heavy atom. The van der Waals surface area contributed by atoms with Gasteiger partial charge in [-0.3, -0.25) is 0 Å². The molecule has 0 atom stereocenters. The first-order valence-corrected chi connectivity index (χ1v) is 3.03. The lowest BCUT2D eigenvalue weighted by Crippen LogP contribution is -2.06. The van der Waals surface area contributed by atoms with Crippen LogP contribution in [-0.4, -0.2) is 11.9 Å². The van der Waals surface area contributed by atoms with Gasteiger partial charge in [0.05, 0.1) is 0 Å². The number of alkyl halides is 3. The maximum Gasteiger partial charge on any atom is 0.426 e. The second-order valence-corrected chi connectivity index (χ2v) is 2.00. The molecule has 0 unspecified atom stereocenters. The molecule has 54 valence electrons. The number of thiol groups is 1. The normalized spacial score (nSPS) is 14.1. The minimum atomic E-state index is -4.41. The molecule has 0 saturated heterocycles. The molecular weight excluding hydrogens is 173 g/mol. The Bertz CT molecular complexity index is 117. The van der Waals surface area contributed by atoms with E-state index in [1.54, 1.807) is 0 Å². The van der Waals surface area contributed by atoms with Gasteiger partial charge in [-0.25, -0.2) is 0 Å². The van der Waals surface area contributed by atoms with Crippen molar-refractivity contribution in [3.63, 3.8) is 0 Å². The first-order valence-electron chi connectivity index (χ1n) is 2.02. The minimum absolute atomic E-state index is 0.00164. The number of rotatable bonds is 1. The van der Waals surface area contributed by atoms with Crippen molar-refractivity contribution in [2.75, 3.05) is 5.75 Å². The van der Waals surface area contributed by atoms with Crippen molar-refractivity contribution in [3.8, 4) is 0 Å². The van der Waals surface area contributed by atoms with Gasteiger partial charge in [0.15, 0.2) is 0 Å². The molecule has 0 radical (unpaired) electrons. The predicted molar refractivity (Wildman–Crippen MR) is 33.8 cm³/mol. The Morgan fingerprint density at radius 2 is 2.00 bits per heavy atom. The van der Waals surface area contributed by atoms with Crippen LogP contribution in [-0.2, 0) is 0 Å². The Labute approximate surface area is 61.1 Å². The Balaban J connectivity index is 4.03. The molecule has 0 saturated carbocycles. The fourth-order valence-corrected chi connectivity index (χ4v) is 0.563. The van der Waals surface area contributed by atoms with Crippen molar-refractivity contribution in [3.05, 3.63) is 11.1 Å². The van der Waals surface area contributed by atoms with Crippen LogP contribution in [0.15, 0.2) is 11.1 Å². The molecule has 0 bridgehead atoms. The van der Waals surface area contributed by atoms with Crippen LogP contribution >= 0.6 is 24.2 Å². The summed E-state index contributed by atoms with van der Waals surface area (Å²) < 4.78 is 34.2. The zero-order valence-corrected chi connectivity index (χ0v) is 5.89. The summed E-state index contributed by atoms with van der Waals surface area (Å²) >= 11 is 8.28. The monoisotopic (exact) mass is 176 g/mol. The largest absolute Gasteiger partial charge is 0.426 e. The second kappa shape index (κ2) is 3.37. The summed E-state index contributed by atoms with van der Waals surface area (Å²) in [6.45, 7) is 0. The van der Waals surface area contributed by atoms with Crippen LogP contribution in [0.3, 0.4) is 0 Å². The summed E-state index contributed by atoms with van der Waals surface area (Å²) in [6, 6.07) is 0. The number of allylic oxidation sites excluding steroid dienone is 1. The quantitative estimate of drug-likeness (QED) is 0.584. The van der Waals surface area contributed by atoms with Crippen molar-refractivity contribution >= 4 is 24.2 Å². The lowest BCUT2D eigenvalue weighted by Gasteiger charge is -2.01. The molecule has 0 aromatic rings. The molecule has 0 N–H and O–H groups in total. The molecule has 0 aliphatic heterocycles. The van der Waals surface area contributed by atoms with E-state index in [0.717, 1.165) is 6.08 Å². The molecule has 0 amide bonds. The van der Waals surface area contributed by atoms with E-state index in [2.05, 4.69) is 12.6 Å². The third kappa shape index (κ3) is 3.70. The molecular formula is C4H4ClF3S. The summed E-state index contributed by atoms with van der Waals surface area (Å²) in [4.78, 5) is 0. The van der Waals surface area contributed by atoms with Crippen molar-refractivity contribution < 1.29 is 13.2 Å². The molecule has 0 aliphatic rings. The van der Waals surface area contributed by atoms with E-state index in [-0.39, 0.29) is 5.75 Å². The van der Waals surface area contributed by atoms with Gasteiger partial charge in [0.1, 0.15) is 5.03 Å². The maximum absolute atomic E-state index is 11.4. The first-order chi connectivity index (χ1) is 3.98. The van der Waals surface area contributed by atoms with Crippen LogP contribution < -0.4 is 0 Å². The van der Waals surface area contributed by atoms with Crippen LogP contribution in [0, 0.1) is 0 Å². The Morgan fingerprint density at radius 1 is 1.56 bits per heavy atom. The van der Waals surface area contributed by atoms with Crippen molar-refractivity contribution in [1.82, 2.24) is 0 Å². The van der Waals surface area contributed by atoms with E-state index in [1.807, 2.05) is 0 Å². The number of halogens is 4. The average Bonchev–Trinajstić information content (AvgIpc) is 1.64. The third-order valence-electron chi connectivity index (χ3n) is 0.541. The smallest absolute Gasteiger partial charge is 0.175 e. The fourth-order valence-electron chi connectivity index (χ4n) is 0.196. The number of hydrogen-bond donors (Lipinski definition) is 1. The van der Waals surface area contributed by atoms with Crippen molar-refractivity contribution in [1.29, 1.82) is 0 Å². The summed E-state index contributed by atoms with van der Waals surface area (Å²) in [5.74, 6) is -0.00164. The SMILES string of the molecule is FC(F)(F)C(Cl)=CCS. The lowest BCUT2D eigenvalue weighted by atomic mass is 10.5. The summed E-state index contributed by atoms with van der Waals surface area (Å²) in [7, 11) is 0. The van der Waals surface area contributed by atoms with E-state index in [9.17, 15) is 13.2 Å². The highest BCUT2D eigenvalue weighted by Crippen LogP contribution is 2.28. The topological polar surface area (TPSA) is 0 Å². The van der Waals surface area contributed by atoms with Crippen molar-refractivity contribution in [2.24, 2.45) is 0 Å². The van der Waals surface area contributed by atoms with E-state index in [4.69, 9.17) is 11.6 Å². The molecule has 0 nitrogen and oxygen atoms in total. The summed E-state index contributed by atoms with van der Waals surface area (Å²) in [6.07, 6.45) is -3.62. The predicted octanol–water partition coefficient (Wildman–Crippen LogP) is 2.60. The van der Waals surface area contributed by atoms with E-state index in [0.29, 0.717) is 0 Å². The van der Waals surface area contributed by atoms with E-state index < -0.39 is 11.2 Å². The van der Waals surface area contributed by atoms with Crippen LogP contribution in [0.4, 0.5) is 13.2 Å². The molecule has 5 heteroatoms. The van der Waals surface area contributed by atoms with E-state index in [1.165, 1.54) is 0 Å². The highest BCUT2D eigenvalue weighted by Gasteiger charge is 2.31. The lowest BCUT2D eigenvalue weighted by molar-refractivity contribution is -0.0846. The van der Waals surface area contributed by atoms with Gasteiger partial charge in [0, 0.05) is 5.75 Å². The van der Waals surface area contributed by atoms with E-state index >= 15 is 0 Å². The molecule has 0 fully saturated rings. The van der Waals surface area contributed by atoms with Gasteiger partial charge in [-0.05, 0) is 0 Å². The molecule has 0 heterocycles. The van der Waals surface area contributed by atoms with Gasteiger partial charge in [-0.15, -0.1) is 0 Å². The second-order valence-electron chi connectivity index (χ2n) is 1.23. The highest BCUT2D eigenvalue weighted by atomic mass is 35.5. The van der Waals surface area contributed by atoms with Gasteiger partial charge in [-0.1, -0.05) is 17.7 Å². The van der Waals surface area contributed by atoms with Gasteiger partial charge in [-0.2, -0.15) is 25.8 Å². The summed E-state index contributed by atoms with van der Waals surface area (Å²) in [5, 5.41) is -1.11. The highest BCUT2D eigenvalue weighted by molar-refractivity contribution is 7.80. The zero-order chi connectivity index (χ0) is 7.49.